The van der Waals surface area contributed by atoms with Crippen molar-refractivity contribution in [3.05, 3.63) is 148 Å². The number of rotatable bonds is 5. The van der Waals surface area contributed by atoms with Crippen molar-refractivity contribution < 1.29 is 0 Å². The molecular formula is C41H31N3. The number of anilines is 3. The summed E-state index contributed by atoms with van der Waals surface area (Å²) in [5.74, 6) is 0. The summed E-state index contributed by atoms with van der Waals surface area (Å²) in [6, 6.07) is 42.8. The molecule has 6 aromatic carbocycles. The lowest BCUT2D eigenvalue weighted by molar-refractivity contribution is 0.685. The molecule has 0 unspecified atom stereocenters. The maximum Gasteiger partial charge on any atom is 0.101 e. The molecule has 44 heavy (non-hydrogen) atoms. The molecular weight excluding hydrogens is 534 g/mol. The Morgan fingerprint density at radius 1 is 0.591 bits per heavy atom. The van der Waals surface area contributed by atoms with E-state index < -0.39 is 0 Å². The monoisotopic (exact) mass is 565 g/mol. The first kappa shape index (κ1) is 27.2. The molecule has 0 aromatic heterocycles. The lowest BCUT2D eigenvalue weighted by Gasteiger charge is -2.27. The normalized spacial score (nSPS) is 12.6. The molecule has 0 saturated heterocycles. The summed E-state index contributed by atoms with van der Waals surface area (Å²) < 4.78 is 0. The van der Waals surface area contributed by atoms with Gasteiger partial charge in [0.15, 0.2) is 0 Å². The summed E-state index contributed by atoms with van der Waals surface area (Å²) in [7, 11) is 0. The highest BCUT2D eigenvalue weighted by molar-refractivity contribution is 6.16. The molecule has 0 saturated carbocycles. The first-order valence-corrected chi connectivity index (χ1v) is 15.2. The predicted octanol–water partition coefficient (Wildman–Crippen LogP) is 10.6. The van der Waals surface area contributed by atoms with Gasteiger partial charge in [0.25, 0.3) is 0 Å². The van der Waals surface area contributed by atoms with Gasteiger partial charge in [0.05, 0.1) is 11.1 Å². The van der Waals surface area contributed by atoms with Crippen LogP contribution < -0.4 is 4.90 Å². The molecule has 0 amide bonds. The maximum absolute atomic E-state index is 9.99. The van der Waals surface area contributed by atoms with Crippen LogP contribution in [0.4, 0.5) is 17.1 Å². The Bertz CT molecular complexity index is 2140. The van der Waals surface area contributed by atoms with E-state index in [0.29, 0.717) is 11.1 Å². The minimum atomic E-state index is 0.430. The quantitative estimate of drug-likeness (QED) is 0.154. The molecule has 0 N–H and O–H groups in total. The van der Waals surface area contributed by atoms with Crippen molar-refractivity contribution in [1.29, 1.82) is 10.5 Å². The molecule has 0 aliphatic heterocycles. The molecule has 0 fully saturated rings. The zero-order chi connectivity index (χ0) is 30.0. The van der Waals surface area contributed by atoms with E-state index >= 15 is 0 Å². The molecule has 210 valence electrons. The summed E-state index contributed by atoms with van der Waals surface area (Å²) >= 11 is 0. The molecule has 1 aliphatic carbocycles. The number of fused-ring (bicyclic) bond motifs is 4. The van der Waals surface area contributed by atoms with Gasteiger partial charge in [-0.1, -0.05) is 90.5 Å². The Kier molecular flexibility index (Phi) is 7.15. The van der Waals surface area contributed by atoms with Crippen LogP contribution in [0.5, 0.6) is 0 Å². The summed E-state index contributed by atoms with van der Waals surface area (Å²) in [5.41, 5.74) is 10.6. The Balaban J connectivity index is 1.27. The highest BCUT2D eigenvalue weighted by Crippen LogP contribution is 2.38. The highest BCUT2D eigenvalue weighted by atomic mass is 15.1. The van der Waals surface area contributed by atoms with Gasteiger partial charge in [0.2, 0.25) is 0 Å². The molecule has 0 spiro atoms. The summed E-state index contributed by atoms with van der Waals surface area (Å²) in [4.78, 5) is 2.34. The van der Waals surface area contributed by atoms with Crippen LogP contribution in [0, 0.1) is 29.6 Å². The van der Waals surface area contributed by atoms with Gasteiger partial charge >= 0.3 is 0 Å². The number of nitriles is 2. The fraction of sp³-hybridized carbons (Fsp3) is 0.122. The first-order valence-electron chi connectivity index (χ1n) is 15.2. The van der Waals surface area contributed by atoms with Crippen molar-refractivity contribution >= 4 is 50.8 Å². The molecule has 0 bridgehead atoms. The van der Waals surface area contributed by atoms with E-state index in [4.69, 9.17) is 0 Å². The van der Waals surface area contributed by atoms with E-state index in [2.05, 4.69) is 109 Å². The largest absolute Gasteiger partial charge is 0.310 e. The molecule has 3 nitrogen and oxygen atoms in total. The van der Waals surface area contributed by atoms with Gasteiger partial charge in [-0.2, -0.15) is 10.5 Å². The van der Waals surface area contributed by atoms with Gasteiger partial charge in [0, 0.05) is 27.8 Å². The van der Waals surface area contributed by atoms with Crippen LogP contribution in [-0.4, -0.2) is 0 Å². The summed E-state index contributed by atoms with van der Waals surface area (Å²) in [6.45, 7) is 2.12. The van der Waals surface area contributed by atoms with Crippen molar-refractivity contribution in [2.45, 2.75) is 32.6 Å². The van der Waals surface area contributed by atoms with Gasteiger partial charge in [-0.05, 0) is 102 Å². The SMILES string of the molecule is Cc1ccc(N(c2ccc(C=Cc3cccc4c(C#N)c(C#N)c5ccccc5c34)cc2)c2ccc3c(c2)CCCC3)cc1. The zero-order valence-electron chi connectivity index (χ0n) is 24.7. The maximum atomic E-state index is 9.99. The zero-order valence-corrected chi connectivity index (χ0v) is 24.7. The van der Waals surface area contributed by atoms with Crippen molar-refractivity contribution in [3.63, 3.8) is 0 Å². The Morgan fingerprint density at radius 2 is 1.20 bits per heavy atom. The van der Waals surface area contributed by atoms with Crippen LogP contribution >= 0.6 is 0 Å². The average Bonchev–Trinajstić information content (AvgIpc) is 3.08. The molecule has 6 aromatic rings. The van der Waals surface area contributed by atoms with Crippen molar-refractivity contribution in [2.75, 3.05) is 4.90 Å². The fourth-order valence-electron chi connectivity index (χ4n) is 6.56. The Hall–Kier alpha value is -5.64. The molecule has 7 rings (SSSR count). The smallest absolute Gasteiger partial charge is 0.101 e. The van der Waals surface area contributed by atoms with Gasteiger partial charge in [0.1, 0.15) is 12.1 Å². The van der Waals surface area contributed by atoms with Crippen LogP contribution in [-0.2, 0) is 12.8 Å². The fourth-order valence-corrected chi connectivity index (χ4v) is 6.56. The van der Waals surface area contributed by atoms with E-state index in [1.54, 1.807) is 0 Å². The van der Waals surface area contributed by atoms with Crippen LogP contribution in [0.3, 0.4) is 0 Å². The molecule has 1 aliphatic rings. The van der Waals surface area contributed by atoms with Gasteiger partial charge < -0.3 is 4.90 Å². The molecule has 0 radical (unpaired) electrons. The van der Waals surface area contributed by atoms with Crippen LogP contribution in [0.25, 0.3) is 33.7 Å². The average molecular weight is 566 g/mol. The van der Waals surface area contributed by atoms with E-state index in [1.807, 2.05) is 36.4 Å². The third-order valence-electron chi connectivity index (χ3n) is 8.79. The number of nitrogens with zero attached hydrogens (tertiary/aromatic N) is 3. The standard InChI is InChI=1S/C41H31N3/c1-28-13-20-33(21-14-28)44(35-24-19-30-7-2-3-8-32(30)25-35)34-22-16-29(17-23-34)15-18-31-9-6-12-38-40(27-43)39(26-42)36-10-4-5-11-37(36)41(31)38/h4-6,9-25H,2-3,7-8H2,1H3. The first-order chi connectivity index (χ1) is 21.6. The van der Waals surface area contributed by atoms with E-state index in [1.165, 1.54) is 41.6 Å². The third-order valence-corrected chi connectivity index (χ3v) is 8.79. The Labute approximate surface area is 258 Å². The van der Waals surface area contributed by atoms with Gasteiger partial charge in [-0.25, -0.2) is 0 Å². The number of hydrogen-bond donors (Lipinski definition) is 0. The van der Waals surface area contributed by atoms with Crippen molar-refractivity contribution in [1.82, 2.24) is 0 Å². The van der Waals surface area contributed by atoms with Crippen LogP contribution in [0.1, 0.15) is 51.8 Å². The second kappa shape index (κ2) is 11.6. The lowest BCUT2D eigenvalue weighted by atomic mass is 9.90. The molecule has 0 atom stereocenters. The van der Waals surface area contributed by atoms with Crippen LogP contribution in [0.2, 0.25) is 0 Å². The van der Waals surface area contributed by atoms with Gasteiger partial charge in [-0.15, -0.1) is 0 Å². The lowest BCUT2D eigenvalue weighted by Crippen LogP contribution is -2.12. The number of benzene rings is 6. The number of hydrogen-bond acceptors (Lipinski definition) is 3. The summed E-state index contributed by atoms with van der Waals surface area (Å²) in [5, 5.41) is 23.5. The van der Waals surface area contributed by atoms with Gasteiger partial charge in [-0.3, -0.25) is 0 Å². The van der Waals surface area contributed by atoms with Crippen molar-refractivity contribution in [3.8, 4) is 12.1 Å². The minimum absolute atomic E-state index is 0.430. The van der Waals surface area contributed by atoms with E-state index in [-0.39, 0.29) is 0 Å². The molecule has 0 heterocycles. The minimum Gasteiger partial charge on any atom is -0.310 e. The summed E-state index contributed by atoms with van der Waals surface area (Å²) in [6.07, 6.45) is 9.08. The number of aryl methyl sites for hydroxylation is 3. The highest BCUT2D eigenvalue weighted by Gasteiger charge is 2.17. The third kappa shape index (κ3) is 4.90. The topological polar surface area (TPSA) is 50.8 Å². The van der Waals surface area contributed by atoms with Crippen LogP contribution in [0.15, 0.2) is 109 Å². The van der Waals surface area contributed by atoms with E-state index in [0.717, 1.165) is 50.5 Å². The second-order valence-corrected chi connectivity index (χ2v) is 11.5. The van der Waals surface area contributed by atoms with E-state index in [9.17, 15) is 10.5 Å². The predicted molar refractivity (Wildman–Crippen MR) is 182 cm³/mol. The Morgan fingerprint density at radius 3 is 1.93 bits per heavy atom. The second-order valence-electron chi connectivity index (χ2n) is 11.5. The van der Waals surface area contributed by atoms with Crippen molar-refractivity contribution in [2.24, 2.45) is 0 Å². The molecule has 3 heteroatoms.